The van der Waals surface area contributed by atoms with Crippen LogP contribution < -0.4 is 0 Å². The van der Waals surface area contributed by atoms with Gasteiger partial charge in [-0.15, -0.1) is 23.2 Å². The van der Waals surface area contributed by atoms with Gasteiger partial charge in [0.15, 0.2) is 3.79 Å². The molecule has 0 aromatic rings. The first kappa shape index (κ1) is 8.55. The molecule has 0 aliphatic heterocycles. The van der Waals surface area contributed by atoms with Crippen LogP contribution in [0.25, 0.3) is 0 Å². The summed E-state index contributed by atoms with van der Waals surface area (Å²) >= 11 is 27.7. The Morgan fingerprint density at radius 2 is 1.22 bits per heavy atom. The van der Waals surface area contributed by atoms with Crippen molar-refractivity contribution < 1.29 is 0 Å². The molecule has 54 valence electrons. The summed E-state index contributed by atoms with van der Waals surface area (Å²) in [5, 5.41) is -0.363. The summed E-state index contributed by atoms with van der Waals surface area (Å²) in [5.74, 6) is -0.189. The highest BCUT2D eigenvalue weighted by Gasteiger charge is 2.58. The van der Waals surface area contributed by atoms with E-state index in [4.69, 9.17) is 58.0 Å². The van der Waals surface area contributed by atoms with E-state index in [1.54, 1.807) is 0 Å². The molecule has 1 aliphatic carbocycles. The second kappa shape index (κ2) is 2.49. The van der Waals surface area contributed by atoms with Gasteiger partial charge in [-0.05, 0) is 0 Å². The van der Waals surface area contributed by atoms with Crippen LogP contribution >= 0.6 is 58.0 Å². The van der Waals surface area contributed by atoms with Gasteiger partial charge in [-0.1, -0.05) is 34.8 Å². The van der Waals surface area contributed by atoms with E-state index in [1.807, 2.05) is 0 Å². The largest absolute Gasteiger partial charge is 0.196 e. The van der Waals surface area contributed by atoms with Gasteiger partial charge in [0.05, 0.1) is 10.8 Å². The Morgan fingerprint density at radius 1 is 0.889 bits per heavy atom. The van der Waals surface area contributed by atoms with E-state index in [9.17, 15) is 0 Å². The van der Waals surface area contributed by atoms with Crippen LogP contribution in [-0.2, 0) is 0 Å². The van der Waals surface area contributed by atoms with E-state index in [0.29, 0.717) is 0 Å². The molecule has 0 nitrogen and oxygen atoms in total. The minimum Gasteiger partial charge on any atom is -0.121 e. The number of halogens is 5. The standard InChI is InChI=1S/C4H3Cl5/c5-2-1(3(2)6)4(7,8)9/h1-3H. The number of hydrogen-bond donors (Lipinski definition) is 0. The molecule has 1 aliphatic rings. The third kappa shape index (κ3) is 1.72. The molecule has 0 N–H and O–H groups in total. The molecule has 0 aromatic heterocycles. The summed E-state index contributed by atoms with van der Waals surface area (Å²) in [6.07, 6.45) is 0. The Labute approximate surface area is 78.3 Å². The number of hydrogen-bond acceptors (Lipinski definition) is 0. The lowest BCUT2D eigenvalue weighted by Gasteiger charge is -2.06. The maximum Gasteiger partial charge on any atom is 0.196 e. The lowest BCUT2D eigenvalue weighted by Crippen LogP contribution is -2.07. The Bertz CT molecular complexity index is 109. The Balaban J connectivity index is 2.50. The molecular weight excluding hydrogens is 225 g/mol. The van der Waals surface area contributed by atoms with Gasteiger partial charge in [0.1, 0.15) is 0 Å². The van der Waals surface area contributed by atoms with Gasteiger partial charge in [-0.25, -0.2) is 0 Å². The SMILES string of the molecule is ClC1C(Cl)C1C(Cl)(Cl)Cl. The normalized spacial score (nSPS) is 43.0. The van der Waals surface area contributed by atoms with Crippen molar-refractivity contribution in [3.63, 3.8) is 0 Å². The van der Waals surface area contributed by atoms with Crippen molar-refractivity contribution in [2.45, 2.75) is 14.5 Å². The summed E-state index contributed by atoms with van der Waals surface area (Å²) in [7, 11) is 0. The molecule has 1 fully saturated rings. The van der Waals surface area contributed by atoms with Crippen LogP contribution in [0.2, 0.25) is 0 Å². The smallest absolute Gasteiger partial charge is 0.121 e. The monoisotopic (exact) mass is 226 g/mol. The minimum absolute atomic E-state index is 0.181. The van der Waals surface area contributed by atoms with Crippen LogP contribution in [0.15, 0.2) is 0 Å². The zero-order valence-corrected chi connectivity index (χ0v) is 7.90. The van der Waals surface area contributed by atoms with Crippen molar-refractivity contribution in [2.24, 2.45) is 5.92 Å². The zero-order chi connectivity index (χ0) is 7.23. The van der Waals surface area contributed by atoms with Gasteiger partial charge < -0.3 is 0 Å². The molecule has 0 spiro atoms. The quantitative estimate of drug-likeness (QED) is 0.559. The van der Waals surface area contributed by atoms with Crippen molar-refractivity contribution in [3.8, 4) is 0 Å². The van der Waals surface area contributed by atoms with Gasteiger partial charge in [-0.3, -0.25) is 0 Å². The average Bonchev–Trinajstić information content (AvgIpc) is 2.11. The topological polar surface area (TPSA) is 0 Å². The van der Waals surface area contributed by atoms with Gasteiger partial charge in [-0.2, -0.15) is 0 Å². The van der Waals surface area contributed by atoms with Gasteiger partial charge in [0, 0.05) is 5.92 Å². The Kier molecular flexibility index (Phi) is 2.37. The van der Waals surface area contributed by atoms with E-state index < -0.39 is 3.79 Å². The summed E-state index contributed by atoms with van der Waals surface area (Å²) < 4.78 is -1.29. The summed E-state index contributed by atoms with van der Waals surface area (Å²) in [4.78, 5) is 0. The fourth-order valence-electron chi connectivity index (χ4n) is 0.601. The highest BCUT2D eigenvalue weighted by atomic mass is 35.6. The molecule has 1 rings (SSSR count). The molecule has 0 heterocycles. The Morgan fingerprint density at radius 3 is 1.22 bits per heavy atom. The molecule has 5 heteroatoms. The van der Waals surface area contributed by atoms with Crippen LogP contribution in [0.3, 0.4) is 0 Å². The molecule has 9 heavy (non-hydrogen) atoms. The number of alkyl halides is 5. The van der Waals surface area contributed by atoms with Crippen molar-refractivity contribution in [2.75, 3.05) is 0 Å². The van der Waals surface area contributed by atoms with E-state index >= 15 is 0 Å². The van der Waals surface area contributed by atoms with Crippen molar-refractivity contribution in [1.82, 2.24) is 0 Å². The molecule has 0 saturated heterocycles. The van der Waals surface area contributed by atoms with Crippen LogP contribution in [0, 0.1) is 5.92 Å². The molecule has 0 aromatic carbocycles. The predicted octanol–water partition coefficient (Wildman–Crippen LogP) is 3.20. The lowest BCUT2D eigenvalue weighted by atomic mass is 10.5. The van der Waals surface area contributed by atoms with E-state index in [1.165, 1.54) is 0 Å². The van der Waals surface area contributed by atoms with Crippen LogP contribution in [-0.4, -0.2) is 14.5 Å². The van der Waals surface area contributed by atoms with E-state index in [-0.39, 0.29) is 16.7 Å². The lowest BCUT2D eigenvalue weighted by molar-refractivity contribution is 0.879. The molecule has 2 atom stereocenters. The minimum atomic E-state index is -1.29. The average molecular weight is 228 g/mol. The van der Waals surface area contributed by atoms with E-state index in [0.717, 1.165) is 0 Å². The summed E-state index contributed by atoms with van der Waals surface area (Å²) in [5.41, 5.74) is 0. The van der Waals surface area contributed by atoms with Crippen molar-refractivity contribution in [1.29, 1.82) is 0 Å². The third-order valence-electron chi connectivity index (χ3n) is 1.23. The first-order valence-corrected chi connectivity index (χ1v) is 4.30. The summed E-state index contributed by atoms with van der Waals surface area (Å²) in [6.45, 7) is 0. The number of rotatable bonds is 0. The molecule has 0 radical (unpaired) electrons. The van der Waals surface area contributed by atoms with Crippen LogP contribution in [0.4, 0.5) is 0 Å². The second-order valence-corrected chi connectivity index (χ2v) is 5.33. The predicted molar refractivity (Wildman–Crippen MR) is 43.1 cm³/mol. The highest BCUT2D eigenvalue weighted by molar-refractivity contribution is 6.68. The van der Waals surface area contributed by atoms with Gasteiger partial charge >= 0.3 is 0 Å². The molecule has 0 bridgehead atoms. The van der Waals surface area contributed by atoms with Gasteiger partial charge in [0.2, 0.25) is 0 Å². The van der Waals surface area contributed by atoms with Crippen molar-refractivity contribution >= 4 is 58.0 Å². The zero-order valence-electron chi connectivity index (χ0n) is 4.12. The fraction of sp³-hybridized carbons (Fsp3) is 1.00. The van der Waals surface area contributed by atoms with Crippen LogP contribution in [0.5, 0.6) is 0 Å². The van der Waals surface area contributed by atoms with E-state index in [2.05, 4.69) is 0 Å². The molecule has 1 saturated carbocycles. The summed E-state index contributed by atoms with van der Waals surface area (Å²) in [6, 6.07) is 0. The fourth-order valence-corrected chi connectivity index (χ4v) is 2.71. The Hall–Kier alpha value is 1.45. The third-order valence-corrected chi connectivity index (χ3v) is 3.20. The van der Waals surface area contributed by atoms with Gasteiger partial charge in [0.25, 0.3) is 0 Å². The van der Waals surface area contributed by atoms with Crippen molar-refractivity contribution in [3.05, 3.63) is 0 Å². The molecule has 0 amide bonds. The first-order chi connectivity index (χ1) is 3.94. The van der Waals surface area contributed by atoms with Crippen LogP contribution in [0.1, 0.15) is 0 Å². The maximum atomic E-state index is 5.60. The first-order valence-electron chi connectivity index (χ1n) is 2.29. The second-order valence-electron chi connectivity index (χ2n) is 1.96. The molecular formula is C4H3Cl5. The maximum absolute atomic E-state index is 5.60. The molecule has 2 unspecified atom stereocenters. The highest BCUT2D eigenvalue weighted by Crippen LogP contribution is 2.55.